The normalized spacial score (nSPS) is 10.6. The van der Waals surface area contributed by atoms with E-state index in [1.165, 1.54) is 0 Å². The van der Waals surface area contributed by atoms with Gasteiger partial charge in [0, 0.05) is 22.7 Å². The molecule has 1 aromatic heterocycles. The second kappa shape index (κ2) is 6.66. The van der Waals surface area contributed by atoms with E-state index < -0.39 is 0 Å². The van der Waals surface area contributed by atoms with Crippen molar-refractivity contribution in [1.82, 2.24) is 0 Å². The number of carbonyl (C=O) groups excluding carboxylic acids is 1. The van der Waals surface area contributed by atoms with Crippen LogP contribution in [0.3, 0.4) is 0 Å². The number of hydrogen-bond acceptors (Lipinski definition) is 4. The molecule has 0 unspecified atom stereocenters. The van der Waals surface area contributed by atoms with Crippen molar-refractivity contribution in [1.29, 1.82) is 0 Å². The Balaban J connectivity index is 1.87. The van der Waals surface area contributed by atoms with Gasteiger partial charge in [0.25, 0.3) is 5.91 Å². The number of anilines is 1. The zero-order chi connectivity index (χ0) is 17.1. The Morgan fingerprint density at radius 1 is 1.17 bits per heavy atom. The van der Waals surface area contributed by atoms with E-state index in [2.05, 4.69) is 5.32 Å². The van der Waals surface area contributed by atoms with E-state index in [0.717, 1.165) is 10.9 Å². The molecular weight excluding hydrogens is 306 g/mol. The summed E-state index contributed by atoms with van der Waals surface area (Å²) in [6, 6.07) is 12.8. The molecule has 24 heavy (non-hydrogen) atoms. The third kappa shape index (κ3) is 2.93. The van der Waals surface area contributed by atoms with Crippen LogP contribution in [0.1, 0.15) is 23.0 Å². The monoisotopic (exact) mass is 325 g/mol. The van der Waals surface area contributed by atoms with Crippen LogP contribution in [-0.2, 0) is 0 Å². The molecule has 0 saturated heterocycles. The van der Waals surface area contributed by atoms with Crippen LogP contribution in [0.15, 0.2) is 46.9 Å². The van der Waals surface area contributed by atoms with Gasteiger partial charge in [0.2, 0.25) is 0 Å². The minimum atomic E-state index is -0.296. The van der Waals surface area contributed by atoms with Gasteiger partial charge in [0.15, 0.2) is 17.3 Å². The lowest BCUT2D eigenvalue weighted by molar-refractivity contribution is 0.0998. The summed E-state index contributed by atoms with van der Waals surface area (Å²) in [5, 5.41) is 3.77. The molecule has 1 amide bonds. The van der Waals surface area contributed by atoms with Crippen LogP contribution in [0.25, 0.3) is 11.0 Å². The molecule has 0 bridgehead atoms. The number of methoxy groups -OCH3 is 1. The van der Waals surface area contributed by atoms with Gasteiger partial charge in [-0.2, -0.15) is 0 Å². The molecule has 0 aliphatic heterocycles. The van der Waals surface area contributed by atoms with E-state index in [1.54, 1.807) is 25.3 Å². The van der Waals surface area contributed by atoms with Crippen molar-refractivity contribution in [3.8, 4) is 11.5 Å². The molecule has 3 rings (SSSR count). The van der Waals surface area contributed by atoms with Crippen LogP contribution >= 0.6 is 0 Å². The summed E-state index contributed by atoms with van der Waals surface area (Å²) in [5.41, 5.74) is 2.13. The highest BCUT2D eigenvalue weighted by Crippen LogP contribution is 2.31. The number of carbonyl (C=O) groups is 1. The third-order valence-corrected chi connectivity index (χ3v) is 3.77. The second-order valence-corrected chi connectivity index (χ2v) is 5.31. The van der Waals surface area contributed by atoms with E-state index in [0.29, 0.717) is 35.1 Å². The lowest BCUT2D eigenvalue weighted by Gasteiger charge is -2.11. The Bertz CT molecular complexity index is 882. The molecule has 0 spiro atoms. The zero-order valence-electron chi connectivity index (χ0n) is 13.9. The van der Waals surface area contributed by atoms with E-state index in [9.17, 15) is 4.79 Å². The Kier molecular flexibility index (Phi) is 4.42. The number of nitrogens with one attached hydrogen (secondary N) is 1. The number of fused-ring (bicyclic) bond motifs is 1. The number of para-hydroxylation sites is 1. The molecule has 3 aromatic rings. The predicted molar refractivity (Wildman–Crippen MR) is 93.1 cm³/mol. The molecule has 0 aliphatic rings. The number of amides is 1. The zero-order valence-corrected chi connectivity index (χ0v) is 13.9. The van der Waals surface area contributed by atoms with Gasteiger partial charge in [0.05, 0.1) is 13.7 Å². The quantitative estimate of drug-likeness (QED) is 0.755. The number of furan rings is 1. The maximum absolute atomic E-state index is 12.5. The molecule has 124 valence electrons. The fraction of sp³-hybridized carbons (Fsp3) is 0.211. The number of benzene rings is 2. The largest absolute Gasteiger partial charge is 0.493 e. The van der Waals surface area contributed by atoms with Crippen LogP contribution in [0.4, 0.5) is 5.69 Å². The summed E-state index contributed by atoms with van der Waals surface area (Å²) >= 11 is 0. The van der Waals surface area contributed by atoms with Crippen LogP contribution in [0, 0.1) is 6.92 Å². The lowest BCUT2D eigenvalue weighted by atomic mass is 10.1. The molecule has 0 aliphatic carbocycles. The van der Waals surface area contributed by atoms with Crippen molar-refractivity contribution in [3.63, 3.8) is 0 Å². The summed E-state index contributed by atoms with van der Waals surface area (Å²) in [5.74, 6) is 1.22. The number of hydrogen-bond donors (Lipinski definition) is 1. The first-order valence-corrected chi connectivity index (χ1v) is 7.74. The van der Waals surface area contributed by atoms with Gasteiger partial charge in [-0.1, -0.05) is 18.2 Å². The third-order valence-electron chi connectivity index (χ3n) is 3.77. The topological polar surface area (TPSA) is 60.7 Å². The number of ether oxygens (including phenoxy) is 2. The second-order valence-electron chi connectivity index (χ2n) is 5.31. The van der Waals surface area contributed by atoms with Crippen LogP contribution in [0.5, 0.6) is 11.5 Å². The Labute approximate surface area is 140 Å². The summed E-state index contributed by atoms with van der Waals surface area (Å²) in [6.45, 7) is 4.32. The molecule has 5 nitrogen and oxygen atoms in total. The predicted octanol–water partition coefficient (Wildman–Crippen LogP) is 4.40. The summed E-state index contributed by atoms with van der Waals surface area (Å²) in [7, 11) is 1.56. The first-order chi connectivity index (χ1) is 11.6. The Hall–Kier alpha value is -2.95. The molecule has 5 heteroatoms. The molecule has 0 radical (unpaired) electrons. The number of rotatable bonds is 5. The van der Waals surface area contributed by atoms with Crippen molar-refractivity contribution in [2.24, 2.45) is 0 Å². The van der Waals surface area contributed by atoms with E-state index in [-0.39, 0.29) is 5.91 Å². The van der Waals surface area contributed by atoms with Crippen molar-refractivity contribution >= 4 is 22.6 Å². The highest BCUT2D eigenvalue weighted by atomic mass is 16.5. The van der Waals surface area contributed by atoms with Gasteiger partial charge in [-0.25, -0.2) is 0 Å². The van der Waals surface area contributed by atoms with Gasteiger partial charge in [-0.15, -0.1) is 0 Å². The Morgan fingerprint density at radius 2 is 1.96 bits per heavy atom. The molecule has 0 fully saturated rings. The minimum absolute atomic E-state index is 0.296. The number of aryl methyl sites for hydroxylation is 1. The average molecular weight is 325 g/mol. The van der Waals surface area contributed by atoms with Gasteiger partial charge >= 0.3 is 0 Å². The van der Waals surface area contributed by atoms with Gasteiger partial charge < -0.3 is 19.2 Å². The smallest absolute Gasteiger partial charge is 0.291 e. The SMILES string of the molecule is CCOc1ccc(NC(=O)c2oc3ccccc3c2C)cc1OC. The lowest BCUT2D eigenvalue weighted by Crippen LogP contribution is -2.12. The molecule has 1 N–H and O–H groups in total. The Morgan fingerprint density at radius 3 is 2.67 bits per heavy atom. The van der Waals surface area contributed by atoms with Crippen LogP contribution in [-0.4, -0.2) is 19.6 Å². The van der Waals surface area contributed by atoms with E-state index in [1.807, 2.05) is 38.1 Å². The van der Waals surface area contributed by atoms with E-state index >= 15 is 0 Å². The summed E-state index contributed by atoms with van der Waals surface area (Å²) < 4.78 is 16.5. The maximum Gasteiger partial charge on any atom is 0.291 e. The first-order valence-electron chi connectivity index (χ1n) is 7.74. The minimum Gasteiger partial charge on any atom is -0.493 e. The summed E-state index contributed by atoms with van der Waals surface area (Å²) in [6.07, 6.45) is 0. The fourth-order valence-electron chi connectivity index (χ4n) is 2.60. The molecular formula is C19H19NO4. The highest BCUT2D eigenvalue weighted by molar-refractivity contribution is 6.06. The van der Waals surface area contributed by atoms with Gasteiger partial charge in [-0.05, 0) is 32.0 Å². The van der Waals surface area contributed by atoms with Crippen molar-refractivity contribution in [2.75, 3.05) is 19.0 Å². The highest BCUT2D eigenvalue weighted by Gasteiger charge is 2.18. The van der Waals surface area contributed by atoms with Gasteiger partial charge in [0.1, 0.15) is 5.58 Å². The molecule has 0 saturated carbocycles. The molecule has 1 heterocycles. The summed E-state index contributed by atoms with van der Waals surface area (Å²) in [4.78, 5) is 12.5. The van der Waals surface area contributed by atoms with Gasteiger partial charge in [-0.3, -0.25) is 4.79 Å². The maximum atomic E-state index is 12.5. The standard InChI is InChI=1S/C19H19NO4/c1-4-23-16-10-9-13(11-17(16)22-3)20-19(21)18-12(2)14-7-5-6-8-15(14)24-18/h5-11H,4H2,1-3H3,(H,20,21). The van der Waals surface area contributed by atoms with Crippen molar-refractivity contribution in [2.45, 2.75) is 13.8 Å². The van der Waals surface area contributed by atoms with E-state index in [4.69, 9.17) is 13.9 Å². The fourth-order valence-corrected chi connectivity index (χ4v) is 2.60. The van der Waals surface area contributed by atoms with Crippen LogP contribution < -0.4 is 14.8 Å². The average Bonchev–Trinajstić information content (AvgIpc) is 2.94. The first kappa shape index (κ1) is 15.9. The van der Waals surface area contributed by atoms with Crippen molar-refractivity contribution in [3.05, 3.63) is 53.8 Å². The molecule has 0 atom stereocenters. The van der Waals surface area contributed by atoms with Crippen molar-refractivity contribution < 1.29 is 18.7 Å². The van der Waals surface area contributed by atoms with Crippen LogP contribution in [0.2, 0.25) is 0 Å². The molecule has 2 aromatic carbocycles.